The van der Waals surface area contributed by atoms with Gasteiger partial charge in [-0.15, -0.1) is 5.10 Å². The summed E-state index contributed by atoms with van der Waals surface area (Å²) < 4.78 is 1.74. The van der Waals surface area contributed by atoms with Crippen LogP contribution in [0.4, 0.5) is 0 Å². The van der Waals surface area contributed by atoms with E-state index in [0.29, 0.717) is 5.92 Å². The summed E-state index contributed by atoms with van der Waals surface area (Å²) in [6, 6.07) is 0. The third-order valence-electron chi connectivity index (χ3n) is 2.92. The number of rotatable bonds is 3. The molecule has 14 heavy (non-hydrogen) atoms. The van der Waals surface area contributed by atoms with Gasteiger partial charge in [-0.25, -0.2) is 4.68 Å². The first kappa shape index (κ1) is 9.37. The van der Waals surface area contributed by atoms with Crippen LogP contribution < -0.4 is 0 Å². The van der Waals surface area contributed by atoms with E-state index in [2.05, 4.69) is 24.2 Å². The summed E-state index contributed by atoms with van der Waals surface area (Å²) in [4.78, 5) is 11.4. The van der Waals surface area contributed by atoms with Crippen LogP contribution >= 0.6 is 0 Å². The summed E-state index contributed by atoms with van der Waals surface area (Å²) >= 11 is 0. The molecule has 0 bridgehead atoms. The lowest BCUT2D eigenvalue weighted by Gasteiger charge is -2.09. The normalized spacial score (nSPS) is 18.6. The zero-order valence-corrected chi connectivity index (χ0v) is 8.82. The number of nitrogens with zero attached hydrogens (tertiary/aromatic N) is 3. The summed E-state index contributed by atoms with van der Waals surface area (Å²) in [5.41, 5.74) is 0.609. The van der Waals surface area contributed by atoms with Gasteiger partial charge in [-0.1, -0.05) is 19.1 Å². The Bertz CT molecular complexity index is 363. The van der Waals surface area contributed by atoms with E-state index >= 15 is 0 Å². The second kappa shape index (κ2) is 2.90. The molecule has 0 amide bonds. The average molecular weight is 193 g/mol. The van der Waals surface area contributed by atoms with E-state index in [1.807, 2.05) is 6.20 Å². The lowest BCUT2D eigenvalue weighted by Crippen LogP contribution is -2.25. The summed E-state index contributed by atoms with van der Waals surface area (Å²) in [6.07, 6.45) is 3.71. The third-order valence-corrected chi connectivity index (χ3v) is 2.92. The van der Waals surface area contributed by atoms with Crippen molar-refractivity contribution in [1.29, 1.82) is 0 Å². The Morgan fingerprint density at radius 1 is 1.57 bits per heavy atom. The Hall–Kier alpha value is -1.19. The van der Waals surface area contributed by atoms with Gasteiger partial charge in [0.05, 0.1) is 5.69 Å². The van der Waals surface area contributed by atoms with Gasteiger partial charge in [-0.3, -0.25) is 4.79 Å². The highest BCUT2D eigenvalue weighted by Crippen LogP contribution is 2.43. The lowest BCUT2D eigenvalue weighted by molar-refractivity contribution is -0.121. The van der Waals surface area contributed by atoms with Crippen LogP contribution in [0.15, 0.2) is 6.20 Å². The van der Waals surface area contributed by atoms with Gasteiger partial charge in [-0.05, 0) is 25.7 Å². The van der Waals surface area contributed by atoms with E-state index in [4.69, 9.17) is 0 Å². The predicted octanol–water partition coefficient (Wildman–Crippen LogP) is 1.48. The molecule has 4 heteroatoms. The SMILES string of the molecule is CC(=O)C1(n2cc(C(C)C)nn2)CC1. The van der Waals surface area contributed by atoms with Gasteiger partial charge < -0.3 is 0 Å². The van der Waals surface area contributed by atoms with Crippen molar-refractivity contribution < 1.29 is 4.79 Å². The summed E-state index contributed by atoms with van der Waals surface area (Å²) in [5, 5.41) is 8.10. The Morgan fingerprint density at radius 3 is 2.57 bits per heavy atom. The fraction of sp³-hybridized carbons (Fsp3) is 0.700. The highest BCUT2D eigenvalue weighted by atomic mass is 16.1. The van der Waals surface area contributed by atoms with Gasteiger partial charge in [-0.2, -0.15) is 0 Å². The molecule has 1 fully saturated rings. The highest BCUT2D eigenvalue weighted by molar-refractivity contribution is 5.86. The maximum absolute atomic E-state index is 11.4. The standard InChI is InChI=1S/C10H15N3O/c1-7(2)9-6-13(12-11-9)10(4-5-10)8(3)14/h6-7H,4-5H2,1-3H3. The topological polar surface area (TPSA) is 47.8 Å². The Kier molecular flexibility index (Phi) is 1.94. The van der Waals surface area contributed by atoms with Crippen molar-refractivity contribution in [3.05, 3.63) is 11.9 Å². The second-order valence-corrected chi connectivity index (χ2v) is 4.33. The van der Waals surface area contributed by atoms with E-state index in [-0.39, 0.29) is 11.3 Å². The van der Waals surface area contributed by atoms with Gasteiger partial charge in [0, 0.05) is 6.20 Å². The minimum Gasteiger partial charge on any atom is -0.297 e. The first-order chi connectivity index (χ1) is 6.56. The van der Waals surface area contributed by atoms with Gasteiger partial charge in [0.2, 0.25) is 0 Å². The lowest BCUT2D eigenvalue weighted by atomic mass is 10.1. The molecule has 2 rings (SSSR count). The molecule has 1 saturated carbocycles. The average Bonchev–Trinajstić information content (AvgIpc) is 2.77. The van der Waals surface area contributed by atoms with Gasteiger partial charge in [0.15, 0.2) is 5.78 Å². The molecular weight excluding hydrogens is 178 g/mol. The number of aromatic nitrogens is 3. The molecule has 4 nitrogen and oxygen atoms in total. The maximum atomic E-state index is 11.4. The Labute approximate surface area is 83.3 Å². The number of Topliss-reactive ketones (excluding diaryl/α,β-unsaturated/α-hetero) is 1. The largest absolute Gasteiger partial charge is 0.297 e. The number of hydrogen-bond donors (Lipinski definition) is 0. The molecule has 1 aliphatic rings. The molecule has 0 aromatic carbocycles. The van der Waals surface area contributed by atoms with Crippen molar-refractivity contribution >= 4 is 5.78 Å². The van der Waals surface area contributed by atoms with Crippen molar-refractivity contribution in [3.63, 3.8) is 0 Å². The number of carbonyl (C=O) groups excluding carboxylic acids is 1. The maximum Gasteiger partial charge on any atom is 0.157 e. The van der Waals surface area contributed by atoms with E-state index in [0.717, 1.165) is 18.5 Å². The van der Waals surface area contributed by atoms with Crippen LogP contribution in [-0.2, 0) is 10.3 Å². The molecule has 0 radical (unpaired) electrons. The zero-order chi connectivity index (χ0) is 10.3. The van der Waals surface area contributed by atoms with Crippen LogP contribution in [0.25, 0.3) is 0 Å². The van der Waals surface area contributed by atoms with Crippen LogP contribution in [0.2, 0.25) is 0 Å². The highest BCUT2D eigenvalue weighted by Gasteiger charge is 2.50. The number of ketones is 1. The molecule has 1 aromatic heterocycles. The molecule has 1 heterocycles. The number of hydrogen-bond acceptors (Lipinski definition) is 3. The van der Waals surface area contributed by atoms with Crippen molar-refractivity contribution in [3.8, 4) is 0 Å². The van der Waals surface area contributed by atoms with E-state index < -0.39 is 0 Å². The molecule has 0 N–H and O–H groups in total. The van der Waals surface area contributed by atoms with Crippen molar-refractivity contribution in [2.75, 3.05) is 0 Å². The predicted molar refractivity (Wildman–Crippen MR) is 52.0 cm³/mol. The molecule has 0 atom stereocenters. The van der Waals surface area contributed by atoms with Crippen LogP contribution in [0.1, 0.15) is 45.2 Å². The fourth-order valence-corrected chi connectivity index (χ4v) is 1.61. The van der Waals surface area contributed by atoms with Crippen LogP contribution in [0.5, 0.6) is 0 Å². The zero-order valence-electron chi connectivity index (χ0n) is 8.82. The minimum absolute atomic E-state index is 0.192. The molecule has 76 valence electrons. The van der Waals surface area contributed by atoms with Gasteiger partial charge >= 0.3 is 0 Å². The molecule has 0 saturated heterocycles. The van der Waals surface area contributed by atoms with Crippen LogP contribution in [0.3, 0.4) is 0 Å². The summed E-state index contributed by atoms with van der Waals surface area (Å²) in [6.45, 7) is 5.77. The van der Waals surface area contributed by atoms with E-state index in [9.17, 15) is 4.79 Å². The second-order valence-electron chi connectivity index (χ2n) is 4.33. The molecule has 0 aliphatic heterocycles. The van der Waals surface area contributed by atoms with Crippen molar-refractivity contribution in [1.82, 2.24) is 15.0 Å². The van der Waals surface area contributed by atoms with Crippen LogP contribution in [0, 0.1) is 0 Å². The van der Waals surface area contributed by atoms with E-state index in [1.165, 1.54) is 0 Å². The molecule has 0 spiro atoms. The van der Waals surface area contributed by atoms with E-state index in [1.54, 1.807) is 11.6 Å². The molecule has 1 aromatic rings. The first-order valence-electron chi connectivity index (χ1n) is 5.00. The minimum atomic E-state index is -0.347. The summed E-state index contributed by atoms with van der Waals surface area (Å²) in [7, 11) is 0. The Balaban J connectivity index is 2.30. The monoisotopic (exact) mass is 193 g/mol. The molecular formula is C10H15N3O. The van der Waals surface area contributed by atoms with Crippen molar-refractivity contribution in [2.24, 2.45) is 0 Å². The van der Waals surface area contributed by atoms with Gasteiger partial charge in [0.1, 0.15) is 5.54 Å². The van der Waals surface area contributed by atoms with Crippen molar-refractivity contribution in [2.45, 2.75) is 45.1 Å². The fourth-order valence-electron chi connectivity index (χ4n) is 1.61. The molecule has 1 aliphatic carbocycles. The first-order valence-corrected chi connectivity index (χ1v) is 5.00. The van der Waals surface area contributed by atoms with Gasteiger partial charge in [0.25, 0.3) is 0 Å². The third kappa shape index (κ3) is 1.25. The Morgan fingerprint density at radius 2 is 2.21 bits per heavy atom. The quantitative estimate of drug-likeness (QED) is 0.730. The smallest absolute Gasteiger partial charge is 0.157 e. The molecule has 0 unspecified atom stereocenters. The number of carbonyl (C=O) groups is 1. The summed E-state index contributed by atoms with van der Waals surface area (Å²) in [5.74, 6) is 0.559. The van der Waals surface area contributed by atoms with Crippen LogP contribution in [-0.4, -0.2) is 20.8 Å².